The number of aromatic nitrogens is 2. The van der Waals surface area contributed by atoms with Gasteiger partial charge in [-0.15, -0.1) is 11.8 Å². The van der Waals surface area contributed by atoms with Crippen LogP contribution in [-0.4, -0.2) is 27.8 Å². The Bertz CT molecular complexity index is 274. The highest BCUT2D eigenvalue weighted by Gasteiger charge is 2.12. The Hall–Kier alpha value is -0.610. The van der Waals surface area contributed by atoms with Gasteiger partial charge in [0.05, 0.1) is 6.20 Å². The van der Waals surface area contributed by atoms with Crippen molar-refractivity contribution >= 4 is 11.8 Å². The van der Waals surface area contributed by atoms with Crippen LogP contribution in [0.25, 0.3) is 0 Å². The molecule has 0 unspecified atom stereocenters. The lowest BCUT2D eigenvalue weighted by molar-refractivity contribution is 0.388. The van der Waals surface area contributed by atoms with E-state index in [9.17, 15) is 0 Å². The maximum absolute atomic E-state index is 4.21. The van der Waals surface area contributed by atoms with Crippen LogP contribution >= 0.6 is 11.8 Å². The van der Waals surface area contributed by atoms with E-state index in [0.717, 1.165) is 23.7 Å². The zero-order chi connectivity index (χ0) is 11.1. The molecule has 1 N–H and O–H groups in total. The minimum Gasteiger partial charge on any atom is -0.311 e. The third kappa shape index (κ3) is 5.14. The van der Waals surface area contributed by atoms with Gasteiger partial charge >= 0.3 is 0 Å². The Kier molecular flexibility index (Phi) is 5.05. The second-order valence-corrected chi connectivity index (χ2v) is 5.17. The number of hydrogen-bond acceptors (Lipinski definition) is 4. The van der Waals surface area contributed by atoms with E-state index in [1.54, 1.807) is 30.4 Å². The minimum absolute atomic E-state index is 0.239. The maximum atomic E-state index is 4.21. The van der Waals surface area contributed by atoms with Crippen molar-refractivity contribution in [1.29, 1.82) is 0 Å². The Balaban J connectivity index is 2.18. The normalized spacial score (nSPS) is 11.7. The number of nitrogens with one attached hydrogen (secondary N) is 1. The highest BCUT2D eigenvalue weighted by Crippen LogP contribution is 2.12. The molecule has 0 aromatic carbocycles. The van der Waals surface area contributed by atoms with E-state index in [2.05, 4.69) is 36.1 Å². The van der Waals surface area contributed by atoms with Crippen molar-refractivity contribution in [3.63, 3.8) is 0 Å². The smallest absolute Gasteiger partial charge is 0.114 e. The van der Waals surface area contributed by atoms with Crippen molar-refractivity contribution in [1.82, 2.24) is 15.3 Å². The molecule has 1 aromatic heterocycles. The summed E-state index contributed by atoms with van der Waals surface area (Å²) < 4.78 is 0. The number of rotatable bonds is 6. The average molecular weight is 225 g/mol. The van der Waals surface area contributed by atoms with Crippen LogP contribution in [0, 0.1) is 0 Å². The minimum atomic E-state index is 0.239. The molecule has 1 rings (SSSR count). The first-order valence-corrected chi connectivity index (χ1v) is 6.26. The predicted octanol–water partition coefficient (Wildman–Crippen LogP) is 2.35. The molecular weight excluding hydrogens is 206 g/mol. The molecular formula is C11H19N3S. The standard InChI is InChI=1S/C11H19N3S/c1-4-11(2,3)14-7-8-15-10-9-12-5-6-13-10/h5-6,9,14H,4,7-8H2,1-3H3. The van der Waals surface area contributed by atoms with E-state index in [1.807, 2.05) is 0 Å². The number of thioether (sulfide) groups is 1. The van der Waals surface area contributed by atoms with E-state index in [0.29, 0.717) is 0 Å². The molecule has 0 spiro atoms. The third-order valence-electron chi connectivity index (χ3n) is 2.38. The average Bonchev–Trinajstić information content (AvgIpc) is 2.26. The van der Waals surface area contributed by atoms with E-state index >= 15 is 0 Å². The van der Waals surface area contributed by atoms with Gasteiger partial charge in [-0.25, -0.2) is 4.98 Å². The molecule has 1 heterocycles. The molecule has 0 amide bonds. The van der Waals surface area contributed by atoms with E-state index < -0.39 is 0 Å². The molecule has 0 atom stereocenters. The number of hydrogen-bond donors (Lipinski definition) is 1. The Labute approximate surface area is 96.1 Å². The van der Waals surface area contributed by atoms with Gasteiger partial charge in [0, 0.05) is 30.2 Å². The van der Waals surface area contributed by atoms with Gasteiger partial charge in [-0.2, -0.15) is 0 Å². The topological polar surface area (TPSA) is 37.8 Å². The SMILES string of the molecule is CCC(C)(C)NCCSc1cnccn1. The molecule has 1 aromatic rings. The summed E-state index contributed by atoms with van der Waals surface area (Å²) in [7, 11) is 0. The molecule has 4 heteroatoms. The summed E-state index contributed by atoms with van der Waals surface area (Å²) in [6.07, 6.45) is 6.37. The second-order valence-electron chi connectivity index (χ2n) is 4.06. The van der Waals surface area contributed by atoms with Gasteiger partial charge < -0.3 is 5.32 Å². The third-order valence-corrected chi connectivity index (χ3v) is 3.29. The predicted molar refractivity (Wildman–Crippen MR) is 65.1 cm³/mol. The van der Waals surface area contributed by atoms with Gasteiger partial charge in [-0.05, 0) is 20.3 Å². The van der Waals surface area contributed by atoms with Crippen LogP contribution in [0.1, 0.15) is 27.2 Å². The van der Waals surface area contributed by atoms with Crippen molar-refractivity contribution in [3.8, 4) is 0 Å². The fraction of sp³-hybridized carbons (Fsp3) is 0.636. The van der Waals surface area contributed by atoms with E-state index in [-0.39, 0.29) is 5.54 Å². The lowest BCUT2D eigenvalue weighted by Gasteiger charge is -2.24. The van der Waals surface area contributed by atoms with Gasteiger partial charge in [0.1, 0.15) is 5.03 Å². The zero-order valence-electron chi connectivity index (χ0n) is 9.66. The van der Waals surface area contributed by atoms with Gasteiger partial charge in [0.25, 0.3) is 0 Å². The Morgan fingerprint density at radius 1 is 1.40 bits per heavy atom. The number of nitrogens with zero attached hydrogens (tertiary/aromatic N) is 2. The highest BCUT2D eigenvalue weighted by molar-refractivity contribution is 7.99. The van der Waals surface area contributed by atoms with Crippen LogP contribution in [-0.2, 0) is 0 Å². The molecule has 0 aliphatic heterocycles. The molecule has 0 aliphatic carbocycles. The van der Waals surface area contributed by atoms with Gasteiger partial charge in [-0.1, -0.05) is 6.92 Å². The van der Waals surface area contributed by atoms with Crippen LogP contribution in [0.3, 0.4) is 0 Å². The fourth-order valence-corrected chi connectivity index (χ4v) is 1.71. The first-order valence-electron chi connectivity index (χ1n) is 5.28. The lowest BCUT2D eigenvalue weighted by Crippen LogP contribution is -2.39. The summed E-state index contributed by atoms with van der Waals surface area (Å²) in [4.78, 5) is 8.23. The first-order chi connectivity index (χ1) is 7.14. The molecule has 0 radical (unpaired) electrons. The molecule has 0 aliphatic rings. The molecule has 0 fully saturated rings. The second kappa shape index (κ2) is 6.08. The van der Waals surface area contributed by atoms with E-state index in [1.165, 1.54) is 0 Å². The van der Waals surface area contributed by atoms with Crippen LogP contribution in [0.2, 0.25) is 0 Å². The van der Waals surface area contributed by atoms with Crippen molar-refractivity contribution in [2.75, 3.05) is 12.3 Å². The van der Waals surface area contributed by atoms with E-state index in [4.69, 9.17) is 0 Å². The van der Waals surface area contributed by atoms with Gasteiger partial charge in [-0.3, -0.25) is 4.98 Å². The first kappa shape index (κ1) is 12.5. The molecule has 0 bridgehead atoms. The zero-order valence-corrected chi connectivity index (χ0v) is 10.5. The van der Waals surface area contributed by atoms with Crippen LogP contribution in [0.15, 0.2) is 23.6 Å². The summed E-state index contributed by atoms with van der Waals surface area (Å²) >= 11 is 1.74. The molecule has 0 saturated heterocycles. The molecule has 3 nitrogen and oxygen atoms in total. The Morgan fingerprint density at radius 2 is 2.20 bits per heavy atom. The maximum Gasteiger partial charge on any atom is 0.114 e. The summed E-state index contributed by atoms with van der Waals surface area (Å²) in [5.74, 6) is 1.03. The summed E-state index contributed by atoms with van der Waals surface area (Å²) in [5, 5.41) is 4.50. The van der Waals surface area contributed by atoms with Crippen molar-refractivity contribution in [3.05, 3.63) is 18.6 Å². The summed E-state index contributed by atoms with van der Waals surface area (Å²) in [6.45, 7) is 7.64. The van der Waals surface area contributed by atoms with Crippen molar-refractivity contribution in [2.24, 2.45) is 0 Å². The van der Waals surface area contributed by atoms with Crippen LogP contribution in [0.5, 0.6) is 0 Å². The van der Waals surface area contributed by atoms with Crippen LogP contribution in [0.4, 0.5) is 0 Å². The van der Waals surface area contributed by atoms with Gasteiger partial charge in [0.15, 0.2) is 0 Å². The summed E-state index contributed by atoms with van der Waals surface area (Å²) in [6, 6.07) is 0. The largest absolute Gasteiger partial charge is 0.311 e. The monoisotopic (exact) mass is 225 g/mol. The molecule has 0 saturated carbocycles. The molecule has 84 valence electrons. The van der Waals surface area contributed by atoms with Crippen LogP contribution < -0.4 is 5.32 Å². The van der Waals surface area contributed by atoms with Crippen molar-refractivity contribution < 1.29 is 0 Å². The molecule has 15 heavy (non-hydrogen) atoms. The quantitative estimate of drug-likeness (QED) is 0.596. The highest BCUT2D eigenvalue weighted by atomic mass is 32.2. The van der Waals surface area contributed by atoms with Crippen molar-refractivity contribution in [2.45, 2.75) is 37.8 Å². The fourth-order valence-electron chi connectivity index (χ4n) is 1.03. The Morgan fingerprint density at radius 3 is 2.80 bits per heavy atom. The van der Waals surface area contributed by atoms with Gasteiger partial charge in [0.2, 0.25) is 0 Å². The lowest BCUT2D eigenvalue weighted by atomic mass is 10.0. The summed E-state index contributed by atoms with van der Waals surface area (Å²) in [5.41, 5.74) is 0.239.